The largest absolute Gasteiger partial charge is 0.478 e. The van der Waals surface area contributed by atoms with Gasteiger partial charge in [0.1, 0.15) is 0 Å². The highest BCUT2D eigenvalue weighted by Crippen LogP contribution is 1.82. The van der Waals surface area contributed by atoms with Crippen molar-refractivity contribution < 1.29 is 29.7 Å². The summed E-state index contributed by atoms with van der Waals surface area (Å²) >= 11 is 0. The van der Waals surface area contributed by atoms with Crippen LogP contribution in [0.3, 0.4) is 0 Å². The monoisotopic (exact) mass is 292 g/mol. The van der Waals surface area contributed by atoms with Crippen LogP contribution in [0.25, 0.3) is 0 Å². The summed E-state index contributed by atoms with van der Waals surface area (Å²) in [5, 5.41) is 23.7. The highest BCUT2D eigenvalue weighted by Gasteiger charge is 1.91. The molecule has 1 atom stereocenters. The first kappa shape index (κ1) is 25.8. The lowest BCUT2D eigenvalue weighted by Gasteiger charge is -1.79. The summed E-state index contributed by atoms with van der Waals surface area (Å²) in [4.78, 5) is 28.8. The normalized spacial score (nSPS) is 7.11. The topological polar surface area (TPSA) is 112 Å². The molecule has 6 nitrogen and oxygen atoms in total. The van der Waals surface area contributed by atoms with E-state index in [0.29, 0.717) is 0 Å². The number of hydrogen-bond acceptors (Lipinski definition) is 3. The Labute approximate surface area is 115 Å². The SMILES string of the molecule is C=C(C)C(=O)O.C=C(C)C(=O)O.C=C(C)C(=O)O.P. The molecule has 3 N–H and O–H groups in total. The molecule has 0 spiro atoms. The van der Waals surface area contributed by atoms with Crippen LogP contribution >= 0.6 is 9.90 Å². The molecule has 0 heterocycles. The van der Waals surface area contributed by atoms with Crippen molar-refractivity contribution in [2.75, 3.05) is 0 Å². The molecule has 0 amide bonds. The third-order valence-electron chi connectivity index (χ3n) is 1.10. The number of aliphatic carboxylic acids is 3. The Morgan fingerprint density at radius 3 is 0.684 bits per heavy atom. The Bertz CT molecular complexity index is 277. The standard InChI is InChI=1S/3C4H6O2.H3P/c3*1-3(2)4(5)6;/h3*1H2,2H3,(H,5,6);1H3. The molecular weight excluding hydrogens is 271 g/mol. The van der Waals surface area contributed by atoms with Gasteiger partial charge in [0.05, 0.1) is 0 Å². The molecule has 0 aromatic heterocycles. The molecule has 1 unspecified atom stereocenters. The number of rotatable bonds is 3. The van der Waals surface area contributed by atoms with Gasteiger partial charge in [0, 0.05) is 16.7 Å². The summed E-state index contributed by atoms with van der Waals surface area (Å²) in [6.07, 6.45) is 0. The third-order valence-corrected chi connectivity index (χ3v) is 1.10. The van der Waals surface area contributed by atoms with E-state index in [1.165, 1.54) is 20.8 Å². The van der Waals surface area contributed by atoms with Gasteiger partial charge in [-0.25, -0.2) is 14.4 Å². The number of carbonyl (C=O) groups is 3. The van der Waals surface area contributed by atoms with E-state index < -0.39 is 17.9 Å². The quantitative estimate of drug-likeness (QED) is 0.542. The predicted octanol–water partition coefficient (Wildman–Crippen LogP) is 2.00. The van der Waals surface area contributed by atoms with E-state index in [9.17, 15) is 14.4 Å². The van der Waals surface area contributed by atoms with Gasteiger partial charge in [0.2, 0.25) is 0 Å². The van der Waals surface area contributed by atoms with Crippen LogP contribution in [-0.4, -0.2) is 33.2 Å². The maximum absolute atomic E-state index is 9.60. The van der Waals surface area contributed by atoms with Gasteiger partial charge < -0.3 is 15.3 Å². The van der Waals surface area contributed by atoms with Gasteiger partial charge in [-0.2, -0.15) is 9.90 Å². The Morgan fingerprint density at radius 2 is 0.684 bits per heavy atom. The first-order valence-electron chi connectivity index (χ1n) is 4.59. The lowest BCUT2D eigenvalue weighted by atomic mass is 10.4. The van der Waals surface area contributed by atoms with Gasteiger partial charge in [-0.15, -0.1) is 0 Å². The molecular formula is C12H21O6P. The second-order valence-corrected chi connectivity index (χ2v) is 3.26. The summed E-state index contributed by atoms with van der Waals surface area (Å²) in [7, 11) is 0. The van der Waals surface area contributed by atoms with Crippen molar-refractivity contribution in [2.45, 2.75) is 20.8 Å². The van der Waals surface area contributed by atoms with Crippen molar-refractivity contribution in [3.63, 3.8) is 0 Å². The molecule has 19 heavy (non-hydrogen) atoms. The molecule has 110 valence electrons. The van der Waals surface area contributed by atoms with Crippen molar-refractivity contribution in [1.29, 1.82) is 0 Å². The summed E-state index contributed by atoms with van der Waals surface area (Å²) in [5.74, 6) is -2.81. The Morgan fingerprint density at radius 1 is 0.632 bits per heavy atom. The maximum atomic E-state index is 9.60. The zero-order valence-electron chi connectivity index (χ0n) is 11.4. The minimum Gasteiger partial charge on any atom is -0.478 e. The zero-order chi connectivity index (χ0) is 15.5. The Hall–Kier alpha value is -1.94. The molecule has 0 saturated heterocycles. The van der Waals surface area contributed by atoms with Crippen LogP contribution in [0.2, 0.25) is 0 Å². The summed E-state index contributed by atoms with van der Waals surface area (Å²) in [5.41, 5.74) is 0.528. The highest BCUT2D eigenvalue weighted by atomic mass is 31.0. The Kier molecular flexibility index (Phi) is 19.2. The van der Waals surface area contributed by atoms with Crippen molar-refractivity contribution >= 4 is 27.8 Å². The van der Waals surface area contributed by atoms with Crippen LogP contribution in [0, 0.1) is 0 Å². The van der Waals surface area contributed by atoms with Crippen LogP contribution in [0.15, 0.2) is 36.5 Å². The minimum absolute atomic E-state index is 0. The van der Waals surface area contributed by atoms with Crippen molar-refractivity contribution in [3.05, 3.63) is 36.5 Å². The molecule has 0 aromatic carbocycles. The van der Waals surface area contributed by atoms with Crippen LogP contribution in [0.5, 0.6) is 0 Å². The van der Waals surface area contributed by atoms with E-state index in [1.807, 2.05) is 0 Å². The zero-order valence-corrected chi connectivity index (χ0v) is 12.8. The lowest BCUT2D eigenvalue weighted by Crippen LogP contribution is -1.92. The van der Waals surface area contributed by atoms with Gasteiger partial charge in [0.25, 0.3) is 0 Å². The van der Waals surface area contributed by atoms with Crippen LogP contribution < -0.4 is 0 Å². The summed E-state index contributed by atoms with van der Waals surface area (Å²) in [6, 6.07) is 0. The van der Waals surface area contributed by atoms with Gasteiger partial charge in [-0.3, -0.25) is 0 Å². The van der Waals surface area contributed by atoms with E-state index in [4.69, 9.17) is 15.3 Å². The first-order chi connectivity index (χ1) is 7.93. The molecule has 0 radical (unpaired) electrons. The fraction of sp³-hybridized carbons (Fsp3) is 0.250. The fourth-order valence-corrected chi connectivity index (χ4v) is 0. The average molecular weight is 292 g/mol. The Balaban J connectivity index is -0.0000000865. The smallest absolute Gasteiger partial charge is 0.330 e. The fourth-order valence-electron chi connectivity index (χ4n) is 0. The van der Waals surface area contributed by atoms with Crippen molar-refractivity contribution in [1.82, 2.24) is 0 Å². The van der Waals surface area contributed by atoms with E-state index in [2.05, 4.69) is 19.7 Å². The molecule has 0 rings (SSSR count). The van der Waals surface area contributed by atoms with Crippen LogP contribution in [0.4, 0.5) is 0 Å². The van der Waals surface area contributed by atoms with Gasteiger partial charge in [-0.05, 0) is 20.8 Å². The molecule has 7 heteroatoms. The number of carboxylic acids is 3. The van der Waals surface area contributed by atoms with Gasteiger partial charge >= 0.3 is 17.9 Å². The molecule has 0 saturated carbocycles. The molecule has 0 bridgehead atoms. The second kappa shape index (κ2) is 14.1. The second-order valence-electron chi connectivity index (χ2n) is 3.26. The van der Waals surface area contributed by atoms with E-state index in [1.54, 1.807) is 0 Å². The summed E-state index contributed by atoms with van der Waals surface area (Å²) in [6.45, 7) is 13.8. The first-order valence-corrected chi connectivity index (χ1v) is 4.59. The summed E-state index contributed by atoms with van der Waals surface area (Å²) < 4.78 is 0. The number of carboxylic acid groups (broad SMARTS) is 3. The number of hydrogen-bond donors (Lipinski definition) is 3. The predicted molar refractivity (Wildman–Crippen MR) is 78.5 cm³/mol. The highest BCUT2D eigenvalue weighted by molar-refractivity contribution is 6.92. The third kappa shape index (κ3) is 31.4. The average Bonchev–Trinajstić information content (AvgIpc) is 2.18. The van der Waals surface area contributed by atoms with Crippen LogP contribution in [0.1, 0.15) is 20.8 Å². The van der Waals surface area contributed by atoms with Gasteiger partial charge in [0.15, 0.2) is 0 Å². The minimum atomic E-state index is -0.935. The molecule has 0 aliphatic heterocycles. The van der Waals surface area contributed by atoms with E-state index in [0.717, 1.165) is 0 Å². The molecule has 0 aliphatic rings. The van der Waals surface area contributed by atoms with Crippen LogP contribution in [-0.2, 0) is 14.4 Å². The van der Waals surface area contributed by atoms with E-state index >= 15 is 0 Å². The van der Waals surface area contributed by atoms with Gasteiger partial charge in [-0.1, -0.05) is 19.7 Å². The van der Waals surface area contributed by atoms with E-state index in [-0.39, 0.29) is 26.6 Å². The lowest BCUT2D eigenvalue weighted by molar-refractivity contribution is -0.133. The maximum Gasteiger partial charge on any atom is 0.330 e. The molecule has 0 aromatic rings. The molecule has 0 fully saturated rings. The van der Waals surface area contributed by atoms with Crippen molar-refractivity contribution in [3.8, 4) is 0 Å². The molecule has 0 aliphatic carbocycles. The van der Waals surface area contributed by atoms with Crippen molar-refractivity contribution in [2.24, 2.45) is 0 Å².